The first-order valence-electron chi connectivity index (χ1n) is 11.6. The third-order valence-corrected chi connectivity index (χ3v) is 7.16. The number of anilines is 2. The minimum atomic E-state index is -3.31. The zero-order chi connectivity index (χ0) is 25.9. The number of carbonyl (C=O) groups excluding carboxylic acids is 1. The van der Waals surface area contributed by atoms with E-state index in [1.807, 2.05) is 62.6 Å². The molecule has 3 aromatic rings. The number of hydrogen-bond acceptors (Lipinski definition) is 5. The molecule has 36 heavy (non-hydrogen) atoms. The predicted octanol–water partition coefficient (Wildman–Crippen LogP) is 4.26. The van der Waals surface area contributed by atoms with Crippen molar-refractivity contribution in [2.45, 2.75) is 20.0 Å². The molecule has 1 amide bonds. The molecule has 188 valence electrons. The highest BCUT2D eigenvalue weighted by Gasteiger charge is 2.29. The molecule has 3 aromatic carbocycles. The minimum Gasteiger partial charge on any atom is -0.354 e. The molecule has 0 radical (unpaired) electrons. The van der Waals surface area contributed by atoms with Gasteiger partial charge in [-0.2, -0.15) is 0 Å². The maximum Gasteiger partial charge on any atom is 0.258 e. The topological polar surface area (TPSA) is 90.5 Å². The summed E-state index contributed by atoms with van der Waals surface area (Å²) in [5.74, 6) is -0.754. The average Bonchev–Trinajstić information content (AvgIpc) is 3.17. The molecule has 0 bridgehead atoms. The Labute approximate surface area is 211 Å². The Balaban J connectivity index is 1.72. The summed E-state index contributed by atoms with van der Waals surface area (Å²) in [6.07, 6.45) is 0. The first kappa shape index (κ1) is 25.6. The molecule has 7 nitrogen and oxygen atoms in total. The quantitative estimate of drug-likeness (QED) is 0.376. The van der Waals surface area contributed by atoms with Crippen molar-refractivity contribution >= 4 is 38.6 Å². The van der Waals surface area contributed by atoms with E-state index in [1.165, 1.54) is 12.1 Å². The van der Waals surface area contributed by atoms with Crippen LogP contribution in [0.5, 0.6) is 0 Å². The number of amides is 1. The fraction of sp³-hybridized carbons (Fsp3) is 0.222. The number of fused-ring (bicyclic) bond motifs is 1. The molecule has 0 aliphatic carbocycles. The number of halogens is 1. The van der Waals surface area contributed by atoms with Gasteiger partial charge in [0.2, 0.25) is 10.0 Å². The van der Waals surface area contributed by atoms with Crippen LogP contribution in [0, 0.1) is 5.82 Å². The van der Waals surface area contributed by atoms with E-state index in [-0.39, 0.29) is 18.2 Å². The molecule has 0 fully saturated rings. The normalized spacial score (nSPS) is 14.5. The maximum absolute atomic E-state index is 13.8. The van der Waals surface area contributed by atoms with Gasteiger partial charge in [0, 0.05) is 24.3 Å². The van der Waals surface area contributed by atoms with Gasteiger partial charge in [0.05, 0.1) is 22.7 Å². The summed E-state index contributed by atoms with van der Waals surface area (Å²) >= 11 is 0. The minimum absolute atomic E-state index is 0.00764. The molecule has 1 heterocycles. The summed E-state index contributed by atoms with van der Waals surface area (Å²) in [6.45, 7) is 2.56. The van der Waals surface area contributed by atoms with Crippen LogP contribution in [0.25, 0.3) is 11.3 Å². The number of sulfonamides is 1. The summed E-state index contributed by atoms with van der Waals surface area (Å²) < 4.78 is 39.9. The fourth-order valence-electron chi connectivity index (χ4n) is 3.96. The van der Waals surface area contributed by atoms with Gasteiger partial charge in [-0.25, -0.2) is 17.5 Å². The van der Waals surface area contributed by atoms with Gasteiger partial charge < -0.3 is 15.5 Å². The molecule has 1 aliphatic rings. The Morgan fingerprint density at radius 2 is 1.64 bits per heavy atom. The molecule has 9 heteroatoms. The van der Waals surface area contributed by atoms with E-state index in [0.717, 1.165) is 28.9 Å². The molecule has 0 unspecified atom stereocenters. The fourth-order valence-corrected chi connectivity index (χ4v) is 4.55. The van der Waals surface area contributed by atoms with E-state index < -0.39 is 15.8 Å². The van der Waals surface area contributed by atoms with E-state index in [4.69, 9.17) is 0 Å². The number of rotatable bonds is 9. The second kappa shape index (κ2) is 10.6. The van der Waals surface area contributed by atoms with Crippen LogP contribution in [-0.4, -0.2) is 39.1 Å². The summed E-state index contributed by atoms with van der Waals surface area (Å²) in [4.78, 5) is 15.1. The monoisotopic (exact) mass is 508 g/mol. The van der Waals surface area contributed by atoms with E-state index in [1.54, 1.807) is 13.0 Å². The first-order valence-corrected chi connectivity index (χ1v) is 13.2. The Morgan fingerprint density at radius 1 is 0.972 bits per heavy atom. The first-order chi connectivity index (χ1) is 17.1. The van der Waals surface area contributed by atoms with E-state index in [0.29, 0.717) is 22.5 Å². The van der Waals surface area contributed by atoms with E-state index in [9.17, 15) is 17.6 Å². The third kappa shape index (κ3) is 5.99. The Bertz CT molecular complexity index is 1400. The van der Waals surface area contributed by atoms with Crippen LogP contribution < -0.4 is 15.4 Å². The van der Waals surface area contributed by atoms with Gasteiger partial charge >= 0.3 is 0 Å². The van der Waals surface area contributed by atoms with Gasteiger partial charge in [0.25, 0.3) is 5.91 Å². The molecule has 4 rings (SSSR count). The largest absolute Gasteiger partial charge is 0.354 e. The van der Waals surface area contributed by atoms with Crippen LogP contribution in [0.2, 0.25) is 0 Å². The van der Waals surface area contributed by atoms with Gasteiger partial charge in [-0.05, 0) is 68.0 Å². The zero-order valence-corrected chi connectivity index (χ0v) is 21.2. The van der Waals surface area contributed by atoms with Crippen LogP contribution in [0.1, 0.15) is 29.2 Å². The van der Waals surface area contributed by atoms with Gasteiger partial charge in [-0.1, -0.05) is 36.4 Å². The van der Waals surface area contributed by atoms with Gasteiger partial charge in [0.15, 0.2) is 0 Å². The van der Waals surface area contributed by atoms with Crippen molar-refractivity contribution in [3.63, 3.8) is 0 Å². The van der Waals surface area contributed by atoms with Crippen molar-refractivity contribution in [2.24, 2.45) is 0 Å². The lowest BCUT2D eigenvalue weighted by molar-refractivity contribution is -0.110. The molecule has 0 saturated carbocycles. The molecule has 0 spiro atoms. The lowest BCUT2D eigenvalue weighted by Crippen LogP contribution is -2.24. The molecule has 0 aromatic heterocycles. The Hall–Kier alpha value is -3.53. The summed E-state index contributed by atoms with van der Waals surface area (Å²) in [7, 11) is 0.697. The maximum atomic E-state index is 13.8. The van der Waals surface area contributed by atoms with E-state index >= 15 is 0 Å². The number of benzene rings is 3. The summed E-state index contributed by atoms with van der Waals surface area (Å²) in [6, 6.07) is 19.5. The van der Waals surface area contributed by atoms with Crippen molar-refractivity contribution in [2.75, 3.05) is 30.5 Å². The number of hydrogen-bond donors (Lipinski definition) is 3. The van der Waals surface area contributed by atoms with Crippen molar-refractivity contribution < 1.29 is 17.6 Å². The SMILES string of the molecule is CCS(=O)(=O)NCc1ccc(/C(Nc2ccc(CN(C)C)cc2)=C2/C(=O)Nc3cc(F)ccc32)cc1. The lowest BCUT2D eigenvalue weighted by atomic mass is 9.99. The van der Waals surface area contributed by atoms with Gasteiger partial charge in [-0.3, -0.25) is 4.79 Å². The molecule has 0 saturated heterocycles. The lowest BCUT2D eigenvalue weighted by Gasteiger charge is -2.16. The van der Waals surface area contributed by atoms with Crippen molar-refractivity contribution in [1.29, 1.82) is 0 Å². The Kier molecular flexibility index (Phi) is 7.53. The number of carbonyl (C=O) groups is 1. The molecule has 0 atom stereocenters. The highest BCUT2D eigenvalue weighted by atomic mass is 32.2. The van der Waals surface area contributed by atoms with Gasteiger partial charge in [0.1, 0.15) is 5.82 Å². The summed E-state index contributed by atoms with van der Waals surface area (Å²) in [5, 5.41) is 6.14. The Morgan fingerprint density at radius 3 is 2.28 bits per heavy atom. The highest BCUT2D eigenvalue weighted by molar-refractivity contribution is 7.89. The standard InChI is InChI=1S/C27H29FN4O3S/c1-4-36(34,35)29-16-18-5-9-20(10-6-18)26(30-22-12-7-19(8-13-22)17-32(2)3)25-23-14-11-21(28)15-24(23)31-27(25)33/h5-15,29-30H,4,16-17H2,1-3H3,(H,31,33)/b26-25-. The number of nitrogens with one attached hydrogen (secondary N) is 3. The van der Waals surface area contributed by atoms with E-state index in [2.05, 4.69) is 20.3 Å². The number of nitrogens with zero attached hydrogens (tertiary/aromatic N) is 1. The molecular weight excluding hydrogens is 479 g/mol. The van der Waals surface area contributed by atoms with Crippen molar-refractivity contribution in [3.8, 4) is 0 Å². The smallest absolute Gasteiger partial charge is 0.258 e. The second-order valence-electron chi connectivity index (χ2n) is 8.88. The van der Waals surface area contributed by atoms with Crippen LogP contribution in [0.3, 0.4) is 0 Å². The second-order valence-corrected chi connectivity index (χ2v) is 11.0. The zero-order valence-electron chi connectivity index (χ0n) is 20.4. The van der Waals surface area contributed by atoms with Crippen LogP contribution in [0.4, 0.5) is 15.8 Å². The molecule has 3 N–H and O–H groups in total. The van der Waals surface area contributed by atoms with Crippen molar-refractivity contribution in [1.82, 2.24) is 9.62 Å². The highest BCUT2D eigenvalue weighted by Crippen LogP contribution is 2.38. The van der Waals surface area contributed by atoms with Gasteiger partial charge in [-0.15, -0.1) is 0 Å². The molecular formula is C27H29FN4O3S. The van der Waals surface area contributed by atoms with Crippen LogP contribution in [0.15, 0.2) is 66.7 Å². The van der Waals surface area contributed by atoms with Crippen LogP contribution >= 0.6 is 0 Å². The van der Waals surface area contributed by atoms with Crippen LogP contribution in [-0.2, 0) is 27.9 Å². The third-order valence-electron chi connectivity index (χ3n) is 5.82. The molecule has 1 aliphatic heterocycles. The van der Waals surface area contributed by atoms with Crippen molar-refractivity contribution in [3.05, 3.63) is 94.8 Å². The average molecular weight is 509 g/mol. The predicted molar refractivity (Wildman–Crippen MR) is 142 cm³/mol. The summed E-state index contributed by atoms with van der Waals surface area (Å²) in [5.41, 5.74) is 5.46.